The summed E-state index contributed by atoms with van der Waals surface area (Å²) in [6, 6.07) is 8.67. The van der Waals surface area contributed by atoms with Crippen molar-refractivity contribution < 1.29 is 14.4 Å². The molecule has 0 spiro atoms. The quantitative estimate of drug-likeness (QED) is 0.581. The summed E-state index contributed by atoms with van der Waals surface area (Å²) in [6.07, 6.45) is 0.209. The molecule has 0 aliphatic carbocycles. The maximum Gasteiger partial charge on any atom is 0.232 e. The topological polar surface area (TPSA) is 54.5 Å². The second-order valence-electron chi connectivity index (χ2n) is 4.21. The summed E-state index contributed by atoms with van der Waals surface area (Å²) in [7, 11) is 0. The third-order valence-electron chi connectivity index (χ3n) is 2.87. The van der Waals surface area contributed by atoms with Crippen molar-refractivity contribution in [3.63, 3.8) is 0 Å². The number of nitrogens with zero attached hydrogens (tertiary/aromatic N) is 1. The van der Waals surface area contributed by atoms with Gasteiger partial charge in [0.25, 0.3) is 0 Å². The zero-order valence-corrected chi connectivity index (χ0v) is 9.55. The first kappa shape index (κ1) is 11.5. The molecule has 0 N–H and O–H groups in total. The number of Topliss-reactive ketones (excluding diaryl/α,β-unsaturated/α-hetero) is 1. The molecule has 88 valence electrons. The second kappa shape index (κ2) is 4.49. The Labute approximate surface area is 99.2 Å². The lowest BCUT2D eigenvalue weighted by molar-refractivity contribution is -0.138. The van der Waals surface area contributed by atoms with Gasteiger partial charge in [-0.2, -0.15) is 0 Å². The van der Waals surface area contributed by atoms with Crippen molar-refractivity contribution in [2.75, 3.05) is 6.54 Å². The van der Waals surface area contributed by atoms with Crippen LogP contribution in [0.1, 0.15) is 23.7 Å². The molecule has 1 aliphatic rings. The number of benzene rings is 1. The van der Waals surface area contributed by atoms with E-state index in [0.717, 1.165) is 4.90 Å². The molecule has 1 fully saturated rings. The molecule has 2 amide bonds. The van der Waals surface area contributed by atoms with Crippen LogP contribution in [-0.2, 0) is 9.59 Å². The molecule has 1 saturated heterocycles. The number of carbonyl (C=O) groups is 3. The van der Waals surface area contributed by atoms with Crippen LogP contribution in [0.5, 0.6) is 0 Å². The normalized spacial score (nSPS) is 19.8. The van der Waals surface area contributed by atoms with Crippen LogP contribution in [0, 0.1) is 5.92 Å². The average Bonchev–Trinajstić information content (AvgIpc) is 2.57. The summed E-state index contributed by atoms with van der Waals surface area (Å²) in [5.74, 6) is -1.02. The first-order valence-electron chi connectivity index (χ1n) is 5.52. The van der Waals surface area contributed by atoms with Gasteiger partial charge in [0.2, 0.25) is 11.8 Å². The van der Waals surface area contributed by atoms with Crippen LogP contribution >= 0.6 is 0 Å². The zero-order valence-electron chi connectivity index (χ0n) is 9.55. The Bertz CT molecular complexity index is 467. The van der Waals surface area contributed by atoms with Gasteiger partial charge in [-0.25, -0.2) is 0 Å². The van der Waals surface area contributed by atoms with Crippen LogP contribution in [0.2, 0.25) is 0 Å². The molecule has 17 heavy (non-hydrogen) atoms. The zero-order chi connectivity index (χ0) is 12.4. The van der Waals surface area contributed by atoms with Crippen LogP contribution in [0.25, 0.3) is 0 Å². The molecule has 1 heterocycles. The standard InChI is InChI=1S/C13H13NO3/c1-9-7-12(16)14(13(9)17)8-11(15)10-5-3-2-4-6-10/h2-6,9H,7-8H2,1H3. The first-order valence-corrected chi connectivity index (χ1v) is 5.52. The van der Waals surface area contributed by atoms with E-state index in [-0.39, 0.29) is 36.5 Å². The van der Waals surface area contributed by atoms with Gasteiger partial charge >= 0.3 is 0 Å². The van der Waals surface area contributed by atoms with Crippen LogP contribution in [0.4, 0.5) is 0 Å². The molecular weight excluding hydrogens is 218 g/mol. The van der Waals surface area contributed by atoms with Crippen molar-refractivity contribution >= 4 is 17.6 Å². The molecule has 1 aromatic rings. The summed E-state index contributed by atoms with van der Waals surface area (Å²) in [4.78, 5) is 36.1. The van der Waals surface area contributed by atoms with E-state index in [1.54, 1.807) is 31.2 Å². The Balaban J connectivity index is 2.10. The molecule has 4 heteroatoms. The maximum atomic E-state index is 11.9. The Hall–Kier alpha value is -1.97. The van der Waals surface area contributed by atoms with E-state index in [0.29, 0.717) is 5.56 Å². The van der Waals surface area contributed by atoms with Gasteiger partial charge in [0.05, 0.1) is 6.54 Å². The van der Waals surface area contributed by atoms with E-state index in [9.17, 15) is 14.4 Å². The summed E-state index contributed by atoms with van der Waals surface area (Å²) < 4.78 is 0. The molecular formula is C13H13NO3. The number of amides is 2. The predicted octanol–water partition coefficient (Wildman–Crippen LogP) is 1.26. The third-order valence-corrected chi connectivity index (χ3v) is 2.87. The number of imide groups is 1. The minimum Gasteiger partial charge on any atom is -0.292 e. The summed E-state index contributed by atoms with van der Waals surface area (Å²) >= 11 is 0. The maximum absolute atomic E-state index is 11.9. The molecule has 2 rings (SSSR count). The minimum absolute atomic E-state index is 0.147. The minimum atomic E-state index is -0.300. The second-order valence-corrected chi connectivity index (χ2v) is 4.21. The fraction of sp³-hybridized carbons (Fsp3) is 0.308. The van der Waals surface area contributed by atoms with E-state index < -0.39 is 0 Å². The molecule has 1 aromatic carbocycles. The Morgan fingerprint density at radius 2 is 1.94 bits per heavy atom. The molecule has 1 atom stereocenters. The lowest BCUT2D eigenvalue weighted by Gasteiger charge is -2.13. The number of carbonyl (C=O) groups excluding carboxylic acids is 3. The lowest BCUT2D eigenvalue weighted by Crippen LogP contribution is -2.35. The van der Waals surface area contributed by atoms with Crippen molar-refractivity contribution in [3.05, 3.63) is 35.9 Å². The number of ketones is 1. The largest absolute Gasteiger partial charge is 0.292 e. The van der Waals surface area contributed by atoms with Crippen LogP contribution in [-0.4, -0.2) is 29.0 Å². The Morgan fingerprint density at radius 3 is 2.47 bits per heavy atom. The number of rotatable bonds is 3. The van der Waals surface area contributed by atoms with Gasteiger partial charge < -0.3 is 0 Å². The van der Waals surface area contributed by atoms with Crippen molar-refractivity contribution in [1.29, 1.82) is 0 Å². The molecule has 4 nitrogen and oxygen atoms in total. The van der Waals surface area contributed by atoms with Crippen LogP contribution < -0.4 is 0 Å². The fourth-order valence-electron chi connectivity index (χ4n) is 1.87. The highest BCUT2D eigenvalue weighted by atomic mass is 16.2. The van der Waals surface area contributed by atoms with E-state index in [4.69, 9.17) is 0 Å². The van der Waals surface area contributed by atoms with Gasteiger partial charge in [-0.3, -0.25) is 19.3 Å². The molecule has 1 unspecified atom stereocenters. The average molecular weight is 231 g/mol. The summed E-state index contributed by atoms with van der Waals surface area (Å²) in [5, 5.41) is 0. The molecule has 1 aliphatic heterocycles. The predicted molar refractivity (Wildman–Crippen MR) is 61.3 cm³/mol. The van der Waals surface area contributed by atoms with E-state index in [2.05, 4.69) is 0 Å². The first-order chi connectivity index (χ1) is 8.09. The number of hydrogen-bond donors (Lipinski definition) is 0. The third kappa shape index (κ3) is 2.25. The van der Waals surface area contributed by atoms with Crippen molar-refractivity contribution in [3.8, 4) is 0 Å². The summed E-state index contributed by atoms with van der Waals surface area (Å²) in [5.41, 5.74) is 0.521. The highest BCUT2D eigenvalue weighted by Crippen LogP contribution is 2.19. The SMILES string of the molecule is CC1CC(=O)N(CC(=O)c2ccccc2)C1=O. The smallest absolute Gasteiger partial charge is 0.232 e. The van der Waals surface area contributed by atoms with E-state index >= 15 is 0 Å². The van der Waals surface area contributed by atoms with E-state index in [1.165, 1.54) is 0 Å². The Morgan fingerprint density at radius 1 is 1.29 bits per heavy atom. The molecule has 0 radical (unpaired) electrons. The van der Waals surface area contributed by atoms with Gasteiger partial charge in [0, 0.05) is 17.9 Å². The van der Waals surface area contributed by atoms with Crippen molar-refractivity contribution in [2.24, 2.45) is 5.92 Å². The number of hydrogen-bond acceptors (Lipinski definition) is 3. The monoisotopic (exact) mass is 231 g/mol. The highest BCUT2D eigenvalue weighted by Gasteiger charge is 2.36. The summed E-state index contributed by atoms with van der Waals surface area (Å²) in [6.45, 7) is 1.55. The number of likely N-dealkylation sites (tertiary alicyclic amines) is 1. The lowest BCUT2D eigenvalue weighted by atomic mass is 10.1. The van der Waals surface area contributed by atoms with E-state index in [1.807, 2.05) is 6.07 Å². The van der Waals surface area contributed by atoms with Crippen LogP contribution in [0.15, 0.2) is 30.3 Å². The fourth-order valence-corrected chi connectivity index (χ4v) is 1.87. The highest BCUT2D eigenvalue weighted by molar-refractivity contribution is 6.08. The van der Waals surface area contributed by atoms with Crippen molar-refractivity contribution in [1.82, 2.24) is 4.90 Å². The Kier molecular flexibility index (Phi) is 3.04. The van der Waals surface area contributed by atoms with Gasteiger partial charge in [0.1, 0.15) is 0 Å². The van der Waals surface area contributed by atoms with Crippen LogP contribution in [0.3, 0.4) is 0 Å². The van der Waals surface area contributed by atoms with Gasteiger partial charge in [0.15, 0.2) is 5.78 Å². The van der Waals surface area contributed by atoms with Crippen molar-refractivity contribution in [2.45, 2.75) is 13.3 Å². The van der Waals surface area contributed by atoms with Gasteiger partial charge in [-0.05, 0) is 0 Å². The molecule has 0 aromatic heterocycles. The van der Waals surface area contributed by atoms with Gasteiger partial charge in [-0.1, -0.05) is 37.3 Å². The van der Waals surface area contributed by atoms with Gasteiger partial charge in [-0.15, -0.1) is 0 Å². The molecule has 0 bridgehead atoms. The molecule has 0 saturated carbocycles.